The van der Waals surface area contributed by atoms with Crippen LogP contribution in [0.15, 0.2) is 60.8 Å². The summed E-state index contributed by atoms with van der Waals surface area (Å²) in [6.45, 7) is 1.88. The minimum atomic E-state index is 0.642. The van der Waals surface area contributed by atoms with E-state index in [-0.39, 0.29) is 0 Å². The SMILES string of the molecule is C1=Cc2cc(Nc3nccc(N4CCc5ccccc5C4)n3)ccc2C1. The fourth-order valence-corrected chi connectivity index (χ4v) is 3.73. The molecule has 0 fully saturated rings. The Morgan fingerprint density at radius 2 is 1.88 bits per heavy atom. The van der Waals surface area contributed by atoms with Crippen molar-refractivity contribution in [3.63, 3.8) is 0 Å². The van der Waals surface area contributed by atoms with Crippen LogP contribution in [0.5, 0.6) is 0 Å². The van der Waals surface area contributed by atoms with Crippen molar-refractivity contribution in [2.45, 2.75) is 19.4 Å². The van der Waals surface area contributed by atoms with Gasteiger partial charge in [0, 0.05) is 25.0 Å². The van der Waals surface area contributed by atoms with Crippen LogP contribution in [0.2, 0.25) is 0 Å². The maximum absolute atomic E-state index is 4.74. The van der Waals surface area contributed by atoms with E-state index in [9.17, 15) is 0 Å². The zero-order valence-electron chi connectivity index (χ0n) is 14.5. The monoisotopic (exact) mass is 340 g/mol. The topological polar surface area (TPSA) is 41.1 Å². The lowest BCUT2D eigenvalue weighted by Gasteiger charge is -2.29. The molecule has 0 spiro atoms. The Morgan fingerprint density at radius 3 is 2.85 bits per heavy atom. The summed E-state index contributed by atoms with van der Waals surface area (Å²) in [5.74, 6) is 1.61. The number of anilines is 3. The molecule has 3 aromatic rings. The summed E-state index contributed by atoms with van der Waals surface area (Å²) >= 11 is 0. The lowest BCUT2D eigenvalue weighted by Crippen LogP contribution is -2.31. The molecule has 0 saturated heterocycles. The molecule has 4 nitrogen and oxygen atoms in total. The molecule has 1 aliphatic carbocycles. The van der Waals surface area contributed by atoms with Crippen LogP contribution in [0.3, 0.4) is 0 Å². The van der Waals surface area contributed by atoms with E-state index in [4.69, 9.17) is 4.98 Å². The summed E-state index contributed by atoms with van der Waals surface area (Å²) < 4.78 is 0. The first kappa shape index (κ1) is 15.1. The molecule has 0 radical (unpaired) electrons. The number of rotatable bonds is 3. The highest BCUT2D eigenvalue weighted by molar-refractivity contribution is 5.67. The van der Waals surface area contributed by atoms with Gasteiger partial charge >= 0.3 is 0 Å². The van der Waals surface area contributed by atoms with Gasteiger partial charge in [-0.3, -0.25) is 0 Å². The van der Waals surface area contributed by atoms with E-state index < -0.39 is 0 Å². The first-order chi connectivity index (χ1) is 12.8. The van der Waals surface area contributed by atoms with Crippen LogP contribution >= 0.6 is 0 Å². The Balaban J connectivity index is 1.37. The van der Waals surface area contributed by atoms with Crippen LogP contribution < -0.4 is 10.2 Å². The van der Waals surface area contributed by atoms with E-state index >= 15 is 0 Å². The van der Waals surface area contributed by atoms with Crippen LogP contribution in [-0.4, -0.2) is 16.5 Å². The summed E-state index contributed by atoms with van der Waals surface area (Å²) in [5.41, 5.74) is 6.51. The Bertz CT molecular complexity index is 993. The summed E-state index contributed by atoms with van der Waals surface area (Å²) in [7, 11) is 0. The highest BCUT2D eigenvalue weighted by atomic mass is 15.2. The number of hydrogen-bond acceptors (Lipinski definition) is 4. The third-order valence-electron chi connectivity index (χ3n) is 5.13. The molecule has 2 heterocycles. The van der Waals surface area contributed by atoms with E-state index in [1.54, 1.807) is 0 Å². The molecule has 128 valence electrons. The highest BCUT2D eigenvalue weighted by Crippen LogP contribution is 2.26. The molecule has 2 aliphatic rings. The molecule has 26 heavy (non-hydrogen) atoms. The van der Waals surface area contributed by atoms with Gasteiger partial charge in [0.15, 0.2) is 0 Å². The van der Waals surface area contributed by atoms with Gasteiger partial charge in [0.05, 0.1) is 0 Å². The number of allylic oxidation sites excluding steroid dienone is 1. The van der Waals surface area contributed by atoms with Crippen molar-refractivity contribution in [1.29, 1.82) is 0 Å². The minimum absolute atomic E-state index is 0.642. The van der Waals surface area contributed by atoms with Gasteiger partial charge in [0.1, 0.15) is 5.82 Å². The van der Waals surface area contributed by atoms with E-state index in [0.717, 1.165) is 37.4 Å². The summed E-state index contributed by atoms with van der Waals surface area (Å²) in [4.78, 5) is 11.5. The Kier molecular flexibility index (Phi) is 3.67. The van der Waals surface area contributed by atoms with Crippen molar-refractivity contribution in [3.8, 4) is 0 Å². The van der Waals surface area contributed by atoms with Crippen molar-refractivity contribution in [2.75, 3.05) is 16.8 Å². The fraction of sp³-hybridized carbons (Fsp3) is 0.182. The number of nitrogens with one attached hydrogen (secondary N) is 1. The molecule has 0 atom stereocenters. The van der Waals surface area contributed by atoms with Gasteiger partial charge < -0.3 is 10.2 Å². The largest absolute Gasteiger partial charge is 0.352 e. The van der Waals surface area contributed by atoms with Gasteiger partial charge in [-0.15, -0.1) is 0 Å². The summed E-state index contributed by atoms with van der Waals surface area (Å²) in [5, 5.41) is 3.35. The standard InChI is InChI=1S/C22H20N4/c1-2-5-19-15-26(13-11-17(19)4-1)21-10-12-23-22(25-21)24-20-9-8-16-6-3-7-18(16)14-20/h1-5,7-10,12,14H,6,11,13,15H2,(H,23,24,25). The molecule has 0 unspecified atom stereocenters. The number of fused-ring (bicyclic) bond motifs is 2. The second-order valence-electron chi connectivity index (χ2n) is 6.82. The number of hydrogen-bond donors (Lipinski definition) is 1. The van der Waals surface area contributed by atoms with E-state index in [1.165, 1.54) is 22.3 Å². The Labute approximate surface area is 153 Å². The average Bonchev–Trinajstić information content (AvgIpc) is 3.16. The Morgan fingerprint density at radius 1 is 0.962 bits per heavy atom. The molecular weight excluding hydrogens is 320 g/mol. The van der Waals surface area contributed by atoms with Crippen molar-refractivity contribution in [3.05, 3.63) is 83.1 Å². The maximum atomic E-state index is 4.74. The smallest absolute Gasteiger partial charge is 0.229 e. The van der Waals surface area contributed by atoms with Crippen molar-refractivity contribution < 1.29 is 0 Å². The van der Waals surface area contributed by atoms with Gasteiger partial charge in [0.25, 0.3) is 0 Å². The van der Waals surface area contributed by atoms with Gasteiger partial charge in [-0.25, -0.2) is 4.98 Å². The van der Waals surface area contributed by atoms with Gasteiger partial charge in [-0.05, 0) is 53.3 Å². The molecule has 0 amide bonds. The van der Waals surface area contributed by atoms with Crippen LogP contribution in [0.25, 0.3) is 6.08 Å². The molecule has 4 heteroatoms. The number of benzene rings is 2. The average molecular weight is 340 g/mol. The van der Waals surface area contributed by atoms with E-state index in [1.807, 2.05) is 12.3 Å². The molecule has 1 aromatic heterocycles. The zero-order chi connectivity index (χ0) is 17.3. The second kappa shape index (κ2) is 6.30. The minimum Gasteiger partial charge on any atom is -0.352 e. The van der Waals surface area contributed by atoms with E-state index in [0.29, 0.717) is 5.95 Å². The normalized spacial score (nSPS) is 14.8. The molecule has 0 saturated carbocycles. The second-order valence-corrected chi connectivity index (χ2v) is 6.82. The maximum Gasteiger partial charge on any atom is 0.229 e. The fourth-order valence-electron chi connectivity index (χ4n) is 3.73. The molecular formula is C22H20N4. The third kappa shape index (κ3) is 2.84. The van der Waals surface area contributed by atoms with Crippen LogP contribution in [0.4, 0.5) is 17.5 Å². The molecule has 0 bridgehead atoms. The summed E-state index contributed by atoms with van der Waals surface area (Å²) in [6.07, 6.45) is 8.28. The molecule has 1 aliphatic heterocycles. The first-order valence-corrected chi connectivity index (χ1v) is 9.06. The molecule has 2 aromatic carbocycles. The molecule has 1 N–H and O–H groups in total. The quantitative estimate of drug-likeness (QED) is 0.769. The van der Waals surface area contributed by atoms with Gasteiger partial charge in [-0.2, -0.15) is 4.98 Å². The van der Waals surface area contributed by atoms with Crippen LogP contribution in [0.1, 0.15) is 22.3 Å². The lowest BCUT2D eigenvalue weighted by atomic mass is 10.00. The van der Waals surface area contributed by atoms with Gasteiger partial charge in [-0.1, -0.05) is 42.5 Å². The van der Waals surface area contributed by atoms with Crippen molar-refractivity contribution in [1.82, 2.24) is 9.97 Å². The van der Waals surface area contributed by atoms with Crippen molar-refractivity contribution >= 4 is 23.5 Å². The third-order valence-corrected chi connectivity index (χ3v) is 5.13. The lowest BCUT2D eigenvalue weighted by molar-refractivity contribution is 0.720. The number of aromatic nitrogens is 2. The van der Waals surface area contributed by atoms with Crippen molar-refractivity contribution in [2.24, 2.45) is 0 Å². The van der Waals surface area contributed by atoms with E-state index in [2.05, 4.69) is 69.8 Å². The predicted molar refractivity (Wildman–Crippen MR) is 106 cm³/mol. The zero-order valence-corrected chi connectivity index (χ0v) is 14.5. The van der Waals surface area contributed by atoms with Crippen LogP contribution in [0, 0.1) is 0 Å². The van der Waals surface area contributed by atoms with Crippen LogP contribution in [-0.2, 0) is 19.4 Å². The molecule has 5 rings (SSSR count). The van der Waals surface area contributed by atoms with Gasteiger partial charge in [0.2, 0.25) is 5.95 Å². The Hall–Kier alpha value is -3.14. The predicted octanol–water partition coefficient (Wildman–Crippen LogP) is 4.35. The highest BCUT2D eigenvalue weighted by Gasteiger charge is 2.17. The first-order valence-electron chi connectivity index (χ1n) is 9.06. The number of nitrogens with zero attached hydrogens (tertiary/aromatic N) is 3. The summed E-state index contributed by atoms with van der Waals surface area (Å²) in [6, 6.07) is 17.1.